The monoisotopic (exact) mass is 566 g/mol. The van der Waals surface area contributed by atoms with Crippen molar-refractivity contribution in [2.75, 3.05) is 31.1 Å². The van der Waals surface area contributed by atoms with Crippen molar-refractivity contribution in [3.63, 3.8) is 0 Å². The lowest BCUT2D eigenvalue weighted by atomic mass is 10.1. The summed E-state index contributed by atoms with van der Waals surface area (Å²) >= 11 is 0. The third-order valence-corrected chi connectivity index (χ3v) is 8.71. The zero-order valence-electron chi connectivity index (χ0n) is 23.9. The second-order valence-electron chi connectivity index (χ2n) is 12.1. The van der Waals surface area contributed by atoms with Gasteiger partial charge in [0.25, 0.3) is 0 Å². The molecule has 3 fully saturated rings. The number of benzene rings is 3. The summed E-state index contributed by atoms with van der Waals surface area (Å²) in [6.45, 7) is 4.52. The van der Waals surface area contributed by atoms with E-state index in [2.05, 4.69) is 39.4 Å². The van der Waals surface area contributed by atoms with Crippen LogP contribution >= 0.6 is 0 Å². The number of hydrogen-bond donors (Lipinski definition) is 1. The number of carbonyl (C=O) groups excluding carboxylic acids is 2. The molecule has 1 aliphatic carbocycles. The van der Waals surface area contributed by atoms with Crippen LogP contribution < -0.4 is 15.0 Å². The van der Waals surface area contributed by atoms with Crippen molar-refractivity contribution < 1.29 is 19.1 Å². The second kappa shape index (κ2) is 11.9. The zero-order valence-corrected chi connectivity index (χ0v) is 23.9. The van der Waals surface area contributed by atoms with Gasteiger partial charge in [-0.05, 0) is 72.4 Å². The molecule has 2 atom stereocenters. The lowest BCUT2D eigenvalue weighted by Crippen LogP contribution is -2.48. The number of hydrogen-bond acceptors (Lipinski definition) is 6. The first kappa shape index (κ1) is 27.1. The first-order valence-corrected chi connectivity index (χ1v) is 15.2. The average Bonchev–Trinajstić information content (AvgIpc) is 3.64. The van der Waals surface area contributed by atoms with Crippen LogP contribution in [0.5, 0.6) is 11.5 Å². The van der Waals surface area contributed by atoms with Crippen LogP contribution in [0.4, 0.5) is 5.69 Å². The van der Waals surface area contributed by atoms with E-state index in [0.29, 0.717) is 32.2 Å². The summed E-state index contributed by atoms with van der Waals surface area (Å²) in [7, 11) is 0. The van der Waals surface area contributed by atoms with Crippen LogP contribution in [0.15, 0.2) is 72.8 Å². The van der Waals surface area contributed by atoms with Crippen LogP contribution in [0.1, 0.15) is 42.4 Å². The predicted molar refractivity (Wildman–Crippen MR) is 160 cm³/mol. The Morgan fingerprint density at radius 1 is 0.857 bits per heavy atom. The third-order valence-electron chi connectivity index (χ3n) is 8.71. The quantitative estimate of drug-likeness (QED) is 0.503. The summed E-state index contributed by atoms with van der Waals surface area (Å²) in [6, 6.07) is 24.9. The number of amides is 2. The fourth-order valence-corrected chi connectivity index (χ4v) is 6.42. The van der Waals surface area contributed by atoms with Gasteiger partial charge in [-0.25, -0.2) is 0 Å². The Hall–Kier alpha value is -3.72. The minimum absolute atomic E-state index is 0.0449. The first-order chi connectivity index (χ1) is 20.6. The maximum absolute atomic E-state index is 13.4. The van der Waals surface area contributed by atoms with Crippen molar-refractivity contribution in [3.8, 4) is 11.5 Å². The van der Waals surface area contributed by atoms with E-state index < -0.39 is 0 Å². The van der Waals surface area contributed by atoms with Gasteiger partial charge in [0.05, 0.1) is 25.3 Å². The maximum Gasteiger partial charge on any atom is 0.234 e. The van der Waals surface area contributed by atoms with Crippen molar-refractivity contribution in [3.05, 3.63) is 89.5 Å². The van der Waals surface area contributed by atoms with Gasteiger partial charge in [0.2, 0.25) is 11.8 Å². The summed E-state index contributed by atoms with van der Waals surface area (Å²) in [5.41, 5.74) is 4.33. The summed E-state index contributed by atoms with van der Waals surface area (Å²) in [5.74, 6) is 1.83. The van der Waals surface area contributed by atoms with Crippen LogP contribution in [0.25, 0.3) is 0 Å². The van der Waals surface area contributed by atoms with E-state index in [4.69, 9.17) is 9.47 Å². The molecule has 3 aromatic rings. The Morgan fingerprint density at radius 2 is 1.62 bits per heavy atom. The first-order valence-electron chi connectivity index (χ1n) is 15.2. The number of nitrogens with one attached hydrogen (secondary N) is 1. The molecule has 3 heterocycles. The van der Waals surface area contributed by atoms with Crippen molar-refractivity contribution in [2.24, 2.45) is 0 Å². The molecule has 2 saturated heterocycles. The summed E-state index contributed by atoms with van der Waals surface area (Å²) < 4.78 is 12.7. The van der Waals surface area contributed by atoms with Crippen LogP contribution in [0.2, 0.25) is 0 Å². The minimum Gasteiger partial charge on any atom is -0.457 e. The molecule has 0 spiro atoms. The van der Waals surface area contributed by atoms with E-state index in [1.54, 1.807) is 0 Å². The highest BCUT2D eigenvalue weighted by atomic mass is 16.5. The Labute approximate surface area is 247 Å². The maximum atomic E-state index is 13.4. The number of likely N-dealkylation sites (tertiary alicyclic amines) is 1. The van der Waals surface area contributed by atoms with Gasteiger partial charge in [0.1, 0.15) is 11.5 Å². The highest BCUT2D eigenvalue weighted by Gasteiger charge is 2.36. The van der Waals surface area contributed by atoms with E-state index in [-0.39, 0.29) is 24.0 Å². The molecule has 4 bridgehead atoms. The van der Waals surface area contributed by atoms with Crippen LogP contribution in [-0.4, -0.2) is 66.0 Å². The standard InChI is InChI=1S/C34H38N4O4/c39-33-22-37(27-13-14-27)19-25-4-1-6-29(16-25)42-30-7-2-5-26(17-30)23-41-32-21-36(20-31(32)35-33)18-24-9-11-28(12-10-24)38-15-3-8-34(38)40/h1-2,4-7,9-12,16-17,27,31-32H,3,8,13-15,18-23H2,(H,35,39)/t31-,32-/m0/s1. The van der Waals surface area contributed by atoms with E-state index >= 15 is 0 Å². The Bertz CT molecular complexity index is 1440. The lowest BCUT2D eigenvalue weighted by molar-refractivity contribution is -0.124. The molecule has 3 aliphatic heterocycles. The minimum atomic E-state index is -0.130. The van der Waals surface area contributed by atoms with Gasteiger partial charge in [0.15, 0.2) is 0 Å². The van der Waals surface area contributed by atoms with Crippen molar-refractivity contribution in [2.45, 2.75) is 63.6 Å². The molecule has 8 nitrogen and oxygen atoms in total. The normalized spacial score (nSPS) is 23.9. The third kappa shape index (κ3) is 6.36. The highest BCUT2D eigenvalue weighted by Crippen LogP contribution is 2.30. The average molecular weight is 567 g/mol. The van der Waals surface area contributed by atoms with Crippen molar-refractivity contribution in [1.29, 1.82) is 0 Å². The van der Waals surface area contributed by atoms with Gasteiger partial charge >= 0.3 is 0 Å². The van der Waals surface area contributed by atoms with Gasteiger partial charge in [-0.2, -0.15) is 0 Å². The molecule has 0 radical (unpaired) electrons. The molecular formula is C34H38N4O4. The molecule has 7 rings (SSSR count). The molecule has 1 saturated carbocycles. The smallest absolute Gasteiger partial charge is 0.234 e. The van der Waals surface area contributed by atoms with E-state index in [9.17, 15) is 9.59 Å². The summed E-state index contributed by atoms with van der Waals surface area (Å²) in [5, 5.41) is 3.34. The highest BCUT2D eigenvalue weighted by molar-refractivity contribution is 5.95. The van der Waals surface area contributed by atoms with E-state index in [0.717, 1.165) is 73.8 Å². The number of carbonyl (C=O) groups is 2. The topological polar surface area (TPSA) is 74.4 Å². The van der Waals surface area contributed by atoms with Crippen molar-refractivity contribution in [1.82, 2.24) is 15.1 Å². The van der Waals surface area contributed by atoms with Gasteiger partial charge in [-0.3, -0.25) is 19.4 Å². The fourth-order valence-electron chi connectivity index (χ4n) is 6.42. The molecule has 8 heteroatoms. The number of rotatable bonds is 4. The number of ether oxygens (including phenoxy) is 2. The van der Waals surface area contributed by atoms with E-state index in [1.807, 2.05) is 53.4 Å². The molecule has 1 N–H and O–H groups in total. The van der Waals surface area contributed by atoms with Crippen LogP contribution in [0.3, 0.4) is 0 Å². The van der Waals surface area contributed by atoms with Gasteiger partial charge < -0.3 is 19.7 Å². The number of nitrogens with zero attached hydrogens (tertiary/aromatic N) is 3. The summed E-state index contributed by atoms with van der Waals surface area (Å²) in [6.07, 6.45) is 3.68. The molecule has 4 aliphatic rings. The van der Waals surface area contributed by atoms with Crippen LogP contribution in [0, 0.1) is 0 Å². The fraction of sp³-hybridized carbons (Fsp3) is 0.412. The van der Waals surface area contributed by atoms with Crippen LogP contribution in [-0.2, 0) is 34.0 Å². The molecule has 3 aromatic carbocycles. The molecular weight excluding hydrogens is 528 g/mol. The molecule has 0 unspecified atom stereocenters. The number of fused-ring (bicyclic) bond motifs is 5. The van der Waals surface area contributed by atoms with E-state index in [1.165, 1.54) is 5.56 Å². The SMILES string of the molecule is O=C1CN(C2CC2)Cc2cccc(c2)Oc2cccc(c2)CO[C@H]2CN(Cc3ccc(N4CCCC4=O)cc3)C[C@@H]2N1. The number of anilines is 1. The zero-order chi connectivity index (χ0) is 28.5. The molecule has 0 aromatic heterocycles. The predicted octanol–water partition coefficient (Wildman–Crippen LogP) is 4.47. The second-order valence-corrected chi connectivity index (χ2v) is 12.1. The molecule has 42 heavy (non-hydrogen) atoms. The summed E-state index contributed by atoms with van der Waals surface area (Å²) in [4.78, 5) is 32.1. The molecule has 218 valence electrons. The molecule has 2 amide bonds. The Balaban J connectivity index is 1.08. The van der Waals surface area contributed by atoms with Crippen molar-refractivity contribution >= 4 is 17.5 Å². The van der Waals surface area contributed by atoms with Gasteiger partial charge in [-0.1, -0.05) is 36.4 Å². The lowest BCUT2D eigenvalue weighted by Gasteiger charge is -2.25. The van der Waals surface area contributed by atoms with Gasteiger partial charge in [-0.15, -0.1) is 0 Å². The Kier molecular flexibility index (Phi) is 7.67. The largest absolute Gasteiger partial charge is 0.457 e. The van der Waals surface area contributed by atoms with Gasteiger partial charge in [0, 0.05) is 50.9 Å². The Morgan fingerprint density at radius 3 is 2.36 bits per heavy atom.